The molecule has 1 unspecified atom stereocenters. The topological polar surface area (TPSA) is 93.5 Å². The molecule has 150 valence electrons. The summed E-state index contributed by atoms with van der Waals surface area (Å²) in [6.07, 6.45) is -1.06. The molecule has 0 bridgehead atoms. The van der Waals surface area contributed by atoms with Crippen LogP contribution in [0.15, 0.2) is 30.3 Å². The number of hydrogen-bond donors (Lipinski definition) is 1. The van der Waals surface area contributed by atoms with Gasteiger partial charge in [0.05, 0.1) is 11.4 Å². The number of fused-ring (bicyclic) bond motifs is 1. The number of carbonyl (C=O) groups is 3. The summed E-state index contributed by atoms with van der Waals surface area (Å²) in [6.45, 7) is 3.97. The second kappa shape index (κ2) is 7.49. The lowest BCUT2D eigenvalue weighted by molar-refractivity contribution is -0.135. The predicted molar refractivity (Wildman–Crippen MR) is 109 cm³/mol. The molecule has 1 atom stereocenters. The Morgan fingerprint density at radius 2 is 2.03 bits per heavy atom. The molecule has 1 aliphatic heterocycles. The van der Waals surface area contributed by atoms with Crippen LogP contribution in [0.1, 0.15) is 22.3 Å². The summed E-state index contributed by atoms with van der Waals surface area (Å²) in [7, 11) is 0. The number of carbonyl (C=O) groups excluding carboxylic acids is 3. The van der Waals surface area contributed by atoms with Crippen molar-refractivity contribution in [2.24, 2.45) is 0 Å². The molecule has 1 N–H and O–H groups in total. The molecule has 0 spiro atoms. The third-order valence-corrected chi connectivity index (χ3v) is 5.91. The maximum absolute atomic E-state index is 12.6. The van der Waals surface area contributed by atoms with E-state index in [2.05, 4.69) is 10.4 Å². The number of ether oxygens (including phenoxy) is 1. The van der Waals surface area contributed by atoms with Gasteiger partial charge in [0.2, 0.25) is 0 Å². The molecule has 1 aromatic carbocycles. The van der Waals surface area contributed by atoms with Crippen molar-refractivity contribution in [3.05, 3.63) is 45.9 Å². The van der Waals surface area contributed by atoms with Crippen molar-refractivity contribution in [1.82, 2.24) is 20.0 Å². The molecule has 2 aromatic heterocycles. The van der Waals surface area contributed by atoms with Crippen LogP contribution in [0, 0.1) is 6.92 Å². The zero-order valence-corrected chi connectivity index (χ0v) is 17.2. The van der Waals surface area contributed by atoms with Crippen LogP contribution in [0.25, 0.3) is 15.9 Å². The minimum absolute atomic E-state index is 0.262. The van der Waals surface area contributed by atoms with Crippen LogP contribution in [0.5, 0.6) is 0 Å². The van der Waals surface area contributed by atoms with Gasteiger partial charge in [0, 0.05) is 23.5 Å². The number of aryl methyl sites for hydroxylation is 1. The number of nitrogens with zero attached hydrogens (tertiary/aromatic N) is 3. The van der Waals surface area contributed by atoms with Crippen LogP contribution in [0.3, 0.4) is 0 Å². The number of thiophene rings is 1. The summed E-state index contributed by atoms with van der Waals surface area (Å²) >= 11 is 7.18. The summed E-state index contributed by atoms with van der Waals surface area (Å²) in [5.41, 5.74) is 1.58. The molecule has 1 aliphatic rings. The third kappa shape index (κ3) is 3.58. The average molecular weight is 433 g/mol. The van der Waals surface area contributed by atoms with Crippen molar-refractivity contribution < 1.29 is 19.1 Å². The second-order valence-corrected chi connectivity index (χ2v) is 8.04. The first kappa shape index (κ1) is 19.4. The normalized spacial score (nSPS) is 14.9. The molecule has 0 saturated carbocycles. The largest absolute Gasteiger partial charge is 0.448 e. The fourth-order valence-electron chi connectivity index (χ4n) is 3.08. The highest BCUT2D eigenvalue weighted by molar-refractivity contribution is 7.20. The van der Waals surface area contributed by atoms with E-state index in [1.165, 1.54) is 18.3 Å². The Hall–Kier alpha value is -2.91. The Morgan fingerprint density at radius 3 is 2.69 bits per heavy atom. The number of hydrogen-bond acceptors (Lipinski definition) is 6. The van der Waals surface area contributed by atoms with Gasteiger partial charge in [-0.25, -0.2) is 14.3 Å². The number of esters is 1. The highest BCUT2D eigenvalue weighted by Gasteiger charge is 2.32. The van der Waals surface area contributed by atoms with Crippen molar-refractivity contribution >= 4 is 51.1 Å². The lowest BCUT2D eigenvalue weighted by Gasteiger charge is -2.17. The highest BCUT2D eigenvalue weighted by atomic mass is 35.5. The first-order chi connectivity index (χ1) is 13.8. The number of nitrogens with one attached hydrogen (secondary N) is 1. The molecule has 1 fully saturated rings. The van der Waals surface area contributed by atoms with Crippen molar-refractivity contribution in [2.45, 2.75) is 20.0 Å². The van der Waals surface area contributed by atoms with E-state index in [9.17, 15) is 14.4 Å². The minimum atomic E-state index is -1.06. The number of rotatable bonds is 4. The van der Waals surface area contributed by atoms with E-state index in [1.54, 1.807) is 22.9 Å². The fraction of sp³-hybridized carbons (Fsp3) is 0.263. The van der Waals surface area contributed by atoms with E-state index < -0.39 is 24.0 Å². The second-order valence-electron chi connectivity index (χ2n) is 6.57. The lowest BCUT2D eigenvalue weighted by Crippen LogP contribution is -2.41. The van der Waals surface area contributed by atoms with E-state index in [4.69, 9.17) is 16.3 Å². The Kier molecular flexibility index (Phi) is 5.01. The van der Waals surface area contributed by atoms with E-state index in [1.807, 2.05) is 19.1 Å². The molecule has 4 rings (SSSR count). The minimum Gasteiger partial charge on any atom is -0.448 e. The van der Waals surface area contributed by atoms with Crippen molar-refractivity contribution in [3.8, 4) is 5.69 Å². The zero-order valence-electron chi connectivity index (χ0n) is 15.6. The van der Waals surface area contributed by atoms with Crippen LogP contribution in [0.2, 0.25) is 5.02 Å². The first-order valence-electron chi connectivity index (χ1n) is 8.90. The molecule has 8 nitrogen and oxygen atoms in total. The van der Waals surface area contributed by atoms with Gasteiger partial charge in [0.25, 0.3) is 5.91 Å². The van der Waals surface area contributed by atoms with Crippen molar-refractivity contribution in [3.63, 3.8) is 0 Å². The molecule has 3 heterocycles. The smallest absolute Gasteiger partial charge is 0.349 e. The summed E-state index contributed by atoms with van der Waals surface area (Å²) in [5, 5.41) is 8.52. The standard InChI is InChI=1S/C19H17ClN4O4S/c1-10-14-9-15(18(26)28-11(2)16(25)23-8-7-21-19(23)27)29-17(14)24(22-10)13-5-3-12(20)4-6-13/h3-6,9,11H,7-8H2,1-2H3,(H,21,27). The number of urea groups is 1. The van der Waals surface area contributed by atoms with E-state index in [0.29, 0.717) is 16.4 Å². The SMILES string of the molecule is Cc1nn(-c2ccc(Cl)cc2)c2sc(C(=O)OC(C)C(=O)N3CCNC3=O)cc12. The van der Waals surface area contributed by atoms with Crippen molar-refractivity contribution in [1.29, 1.82) is 0 Å². The predicted octanol–water partition coefficient (Wildman–Crippen LogP) is 3.15. The Bertz CT molecular complexity index is 1120. The summed E-state index contributed by atoms with van der Waals surface area (Å²) < 4.78 is 7.05. The molecule has 29 heavy (non-hydrogen) atoms. The van der Waals surface area contributed by atoms with E-state index >= 15 is 0 Å². The Morgan fingerprint density at radius 1 is 1.31 bits per heavy atom. The van der Waals surface area contributed by atoms with Crippen LogP contribution < -0.4 is 5.32 Å². The number of amides is 3. The molecule has 0 aliphatic carbocycles. The van der Waals surface area contributed by atoms with Gasteiger partial charge in [0.15, 0.2) is 6.10 Å². The van der Waals surface area contributed by atoms with Crippen LogP contribution >= 0.6 is 22.9 Å². The highest BCUT2D eigenvalue weighted by Crippen LogP contribution is 2.31. The number of imide groups is 1. The van der Waals surface area contributed by atoms with Gasteiger partial charge in [0.1, 0.15) is 9.71 Å². The lowest BCUT2D eigenvalue weighted by atomic mass is 10.3. The van der Waals surface area contributed by atoms with Gasteiger partial charge in [-0.3, -0.25) is 9.69 Å². The first-order valence-corrected chi connectivity index (χ1v) is 10.1. The molecule has 3 aromatic rings. The monoisotopic (exact) mass is 432 g/mol. The summed E-state index contributed by atoms with van der Waals surface area (Å²) in [5.74, 6) is -1.16. The number of halogens is 1. The van der Waals surface area contributed by atoms with Gasteiger partial charge < -0.3 is 10.1 Å². The van der Waals surface area contributed by atoms with Crippen LogP contribution in [-0.4, -0.2) is 51.8 Å². The van der Waals surface area contributed by atoms with E-state index in [-0.39, 0.29) is 6.54 Å². The average Bonchev–Trinajstić information content (AvgIpc) is 3.38. The van der Waals surface area contributed by atoms with E-state index in [0.717, 1.165) is 26.5 Å². The molecular formula is C19H17ClN4O4S. The van der Waals surface area contributed by atoms with Crippen LogP contribution in [-0.2, 0) is 9.53 Å². The zero-order chi connectivity index (χ0) is 20.7. The van der Waals surface area contributed by atoms with Gasteiger partial charge >= 0.3 is 12.0 Å². The Balaban J connectivity index is 1.57. The van der Waals surface area contributed by atoms with Gasteiger partial charge in [-0.05, 0) is 44.2 Å². The van der Waals surface area contributed by atoms with Gasteiger partial charge in [-0.1, -0.05) is 11.6 Å². The van der Waals surface area contributed by atoms with Gasteiger partial charge in [-0.15, -0.1) is 11.3 Å². The molecular weight excluding hydrogens is 416 g/mol. The quantitative estimate of drug-likeness (QED) is 0.639. The number of benzene rings is 1. The van der Waals surface area contributed by atoms with Gasteiger partial charge in [-0.2, -0.15) is 5.10 Å². The summed E-state index contributed by atoms with van der Waals surface area (Å²) in [6, 6.07) is 8.45. The van der Waals surface area contributed by atoms with Crippen molar-refractivity contribution in [2.75, 3.05) is 13.1 Å². The third-order valence-electron chi connectivity index (χ3n) is 4.57. The number of aromatic nitrogens is 2. The molecule has 3 amide bonds. The molecule has 0 radical (unpaired) electrons. The maximum atomic E-state index is 12.6. The molecule has 10 heteroatoms. The fourth-order valence-corrected chi connectivity index (χ4v) is 4.27. The molecule has 1 saturated heterocycles. The summed E-state index contributed by atoms with van der Waals surface area (Å²) in [4.78, 5) is 38.7. The Labute approximate surface area is 175 Å². The maximum Gasteiger partial charge on any atom is 0.349 e. The van der Waals surface area contributed by atoms with Crippen LogP contribution in [0.4, 0.5) is 4.79 Å².